The average Bonchev–Trinajstić information content (AvgIpc) is 2.63. The Balaban J connectivity index is 2.00. The molecule has 16 heavy (non-hydrogen) atoms. The van der Waals surface area contributed by atoms with E-state index in [-0.39, 0.29) is 0 Å². The first-order valence-corrected chi connectivity index (χ1v) is 5.55. The lowest BCUT2D eigenvalue weighted by Gasteiger charge is -2.20. The highest BCUT2D eigenvalue weighted by Crippen LogP contribution is 2.16. The van der Waals surface area contributed by atoms with Crippen molar-refractivity contribution in [1.29, 1.82) is 0 Å². The normalized spacial score (nSPS) is 17.6. The molecule has 84 valence electrons. The highest BCUT2D eigenvalue weighted by molar-refractivity contribution is 5.63. The Kier molecular flexibility index (Phi) is 2.41. The number of rotatable bonds is 1. The van der Waals surface area contributed by atoms with Crippen LogP contribution in [0.15, 0.2) is 18.7 Å². The van der Waals surface area contributed by atoms with Crippen molar-refractivity contribution in [3.05, 3.63) is 18.7 Å². The number of anilines is 1. The van der Waals surface area contributed by atoms with E-state index in [1.54, 1.807) is 12.5 Å². The summed E-state index contributed by atoms with van der Waals surface area (Å²) in [6, 6.07) is 0. The maximum atomic E-state index is 4.42. The van der Waals surface area contributed by atoms with Gasteiger partial charge in [-0.2, -0.15) is 0 Å². The quantitative estimate of drug-likeness (QED) is 0.725. The van der Waals surface area contributed by atoms with Gasteiger partial charge in [0.2, 0.25) is 5.65 Å². The molecule has 2 aromatic heterocycles. The van der Waals surface area contributed by atoms with E-state index in [1.165, 1.54) is 0 Å². The molecule has 1 N–H and O–H groups in total. The van der Waals surface area contributed by atoms with Crippen molar-refractivity contribution in [2.45, 2.75) is 6.42 Å². The first-order chi connectivity index (χ1) is 7.95. The van der Waals surface area contributed by atoms with Gasteiger partial charge in [0.15, 0.2) is 5.82 Å². The Bertz CT molecular complexity index is 471. The van der Waals surface area contributed by atoms with E-state index < -0.39 is 0 Å². The molecule has 1 aliphatic heterocycles. The second-order valence-corrected chi connectivity index (χ2v) is 3.90. The summed E-state index contributed by atoms with van der Waals surface area (Å²) in [4.78, 5) is 6.69. The third-order valence-electron chi connectivity index (χ3n) is 2.84. The molecule has 0 spiro atoms. The molecule has 0 unspecified atom stereocenters. The van der Waals surface area contributed by atoms with E-state index >= 15 is 0 Å². The first kappa shape index (κ1) is 9.53. The smallest absolute Gasteiger partial charge is 0.203 e. The van der Waals surface area contributed by atoms with E-state index in [0.29, 0.717) is 0 Å². The summed E-state index contributed by atoms with van der Waals surface area (Å²) in [6.45, 7) is 4.06. The first-order valence-electron chi connectivity index (χ1n) is 5.55. The fraction of sp³-hybridized carbons (Fsp3) is 0.500. The molecule has 0 aliphatic carbocycles. The number of aromatic nitrogens is 4. The van der Waals surface area contributed by atoms with Crippen LogP contribution in [-0.4, -0.2) is 45.8 Å². The fourth-order valence-corrected chi connectivity index (χ4v) is 2.03. The lowest BCUT2D eigenvalue weighted by atomic mass is 10.4. The monoisotopic (exact) mass is 218 g/mol. The van der Waals surface area contributed by atoms with Crippen LogP contribution in [0.1, 0.15) is 6.42 Å². The second-order valence-electron chi connectivity index (χ2n) is 3.90. The van der Waals surface area contributed by atoms with Gasteiger partial charge in [0.25, 0.3) is 0 Å². The van der Waals surface area contributed by atoms with Crippen LogP contribution >= 0.6 is 0 Å². The van der Waals surface area contributed by atoms with Crippen LogP contribution in [0.25, 0.3) is 5.65 Å². The van der Waals surface area contributed by atoms with Crippen molar-refractivity contribution in [1.82, 2.24) is 24.9 Å². The second kappa shape index (κ2) is 4.05. The van der Waals surface area contributed by atoms with Crippen molar-refractivity contribution in [2.75, 3.05) is 31.1 Å². The van der Waals surface area contributed by atoms with Crippen LogP contribution in [0.2, 0.25) is 0 Å². The van der Waals surface area contributed by atoms with Crippen LogP contribution in [0.5, 0.6) is 0 Å². The molecule has 0 amide bonds. The van der Waals surface area contributed by atoms with Gasteiger partial charge in [0, 0.05) is 32.0 Å². The summed E-state index contributed by atoms with van der Waals surface area (Å²) in [7, 11) is 0. The summed E-state index contributed by atoms with van der Waals surface area (Å²) >= 11 is 0. The van der Waals surface area contributed by atoms with Crippen LogP contribution in [0.3, 0.4) is 0 Å². The number of hydrogen-bond acceptors (Lipinski definition) is 5. The molecule has 0 atom stereocenters. The van der Waals surface area contributed by atoms with Crippen LogP contribution in [0, 0.1) is 0 Å². The van der Waals surface area contributed by atoms with Gasteiger partial charge < -0.3 is 10.2 Å². The van der Waals surface area contributed by atoms with E-state index in [4.69, 9.17) is 0 Å². The third kappa shape index (κ3) is 1.61. The zero-order valence-corrected chi connectivity index (χ0v) is 9.00. The molecule has 0 bridgehead atoms. The molecule has 3 heterocycles. The zero-order valence-electron chi connectivity index (χ0n) is 9.00. The van der Waals surface area contributed by atoms with Crippen molar-refractivity contribution < 1.29 is 0 Å². The SMILES string of the molecule is c1cn2cnnc2c(N2CCCNCC2)n1. The molecule has 3 rings (SSSR count). The van der Waals surface area contributed by atoms with Gasteiger partial charge in [-0.1, -0.05) is 0 Å². The third-order valence-corrected chi connectivity index (χ3v) is 2.84. The highest BCUT2D eigenvalue weighted by Gasteiger charge is 2.14. The molecule has 2 aromatic rings. The fourth-order valence-electron chi connectivity index (χ4n) is 2.03. The van der Waals surface area contributed by atoms with E-state index in [1.807, 2.05) is 10.6 Å². The van der Waals surface area contributed by atoms with E-state index in [2.05, 4.69) is 25.4 Å². The van der Waals surface area contributed by atoms with Crippen molar-refractivity contribution in [2.24, 2.45) is 0 Å². The highest BCUT2D eigenvalue weighted by atomic mass is 15.3. The summed E-state index contributed by atoms with van der Waals surface area (Å²) in [5, 5.41) is 11.4. The largest absolute Gasteiger partial charge is 0.352 e. The minimum Gasteiger partial charge on any atom is -0.352 e. The number of fused-ring (bicyclic) bond motifs is 1. The summed E-state index contributed by atoms with van der Waals surface area (Å²) < 4.78 is 1.90. The van der Waals surface area contributed by atoms with E-state index in [9.17, 15) is 0 Å². The Morgan fingerprint density at radius 2 is 2.25 bits per heavy atom. The van der Waals surface area contributed by atoms with Gasteiger partial charge in [-0.05, 0) is 13.0 Å². The van der Waals surface area contributed by atoms with Gasteiger partial charge in [-0.15, -0.1) is 10.2 Å². The van der Waals surface area contributed by atoms with Gasteiger partial charge >= 0.3 is 0 Å². The van der Waals surface area contributed by atoms with E-state index in [0.717, 1.165) is 44.1 Å². The number of hydrogen-bond donors (Lipinski definition) is 1. The zero-order chi connectivity index (χ0) is 10.8. The lowest BCUT2D eigenvalue weighted by molar-refractivity contribution is 0.724. The lowest BCUT2D eigenvalue weighted by Crippen LogP contribution is -2.29. The van der Waals surface area contributed by atoms with Crippen molar-refractivity contribution >= 4 is 11.5 Å². The minimum atomic E-state index is 0.837. The molecule has 6 nitrogen and oxygen atoms in total. The molecule has 1 aliphatic rings. The molecule has 1 fully saturated rings. The Hall–Kier alpha value is -1.69. The summed E-state index contributed by atoms with van der Waals surface area (Å²) in [5.74, 6) is 0.934. The van der Waals surface area contributed by atoms with Gasteiger partial charge in [0.05, 0.1) is 0 Å². The van der Waals surface area contributed by atoms with Gasteiger partial charge in [-0.25, -0.2) is 4.98 Å². The topological polar surface area (TPSA) is 58.4 Å². The Morgan fingerprint density at radius 1 is 1.25 bits per heavy atom. The van der Waals surface area contributed by atoms with Crippen LogP contribution in [-0.2, 0) is 0 Å². The number of nitrogens with one attached hydrogen (secondary N) is 1. The molecule has 0 radical (unpaired) electrons. The van der Waals surface area contributed by atoms with Gasteiger partial charge in [-0.3, -0.25) is 4.40 Å². The Morgan fingerprint density at radius 3 is 3.25 bits per heavy atom. The van der Waals surface area contributed by atoms with Crippen LogP contribution < -0.4 is 10.2 Å². The molecular weight excluding hydrogens is 204 g/mol. The molecule has 0 saturated carbocycles. The maximum Gasteiger partial charge on any atom is 0.203 e. The number of nitrogens with zero attached hydrogens (tertiary/aromatic N) is 5. The summed E-state index contributed by atoms with van der Waals surface area (Å²) in [6.07, 6.45) is 6.51. The molecule has 6 heteroatoms. The molecule has 0 aromatic carbocycles. The van der Waals surface area contributed by atoms with Crippen LogP contribution in [0.4, 0.5) is 5.82 Å². The van der Waals surface area contributed by atoms with Gasteiger partial charge in [0.1, 0.15) is 6.33 Å². The maximum absolute atomic E-state index is 4.42. The average molecular weight is 218 g/mol. The standard InChI is InChI=1S/C10H14N6/c1-2-11-3-6-15(5-1)9-10-14-13-8-16(10)7-4-12-9/h4,7-8,11H,1-3,5-6H2. The predicted molar refractivity (Wildman–Crippen MR) is 60.5 cm³/mol. The predicted octanol–water partition coefficient (Wildman–Crippen LogP) is -0.0760. The van der Waals surface area contributed by atoms with Crippen molar-refractivity contribution in [3.63, 3.8) is 0 Å². The van der Waals surface area contributed by atoms with Crippen molar-refractivity contribution in [3.8, 4) is 0 Å². The Labute approximate surface area is 93.3 Å². The minimum absolute atomic E-state index is 0.837. The summed E-state index contributed by atoms with van der Waals surface area (Å²) in [5.41, 5.74) is 0.837. The molecule has 1 saturated heterocycles. The molecular formula is C10H14N6.